The predicted molar refractivity (Wildman–Crippen MR) is 71.7 cm³/mol. The van der Waals surface area contributed by atoms with Gasteiger partial charge in [0.05, 0.1) is 11.3 Å². The van der Waals surface area contributed by atoms with E-state index < -0.39 is 4.92 Å². The molecule has 0 saturated carbocycles. The van der Waals surface area contributed by atoms with E-state index in [4.69, 9.17) is 11.6 Å². The molecule has 2 aromatic heterocycles. The summed E-state index contributed by atoms with van der Waals surface area (Å²) in [4.78, 5) is 10.0. The van der Waals surface area contributed by atoms with Gasteiger partial charge >= 0.3 is 5.82 Å². The molecule has 0 spiro atoms. The Morgan fingerprint density at radius 2 is 2.37 bits per heavy atom. The molecule has 2 rings (SSSR count). The van der Waals surface area contributed by atoms with Gasteiger partial charge in [-0.05, 0) is 11.3 Å². The Morgan fingerprint density at radius 3 is 3.00 bits per heavy atom. The Kier molecular flexibility index (Phi) is 4.27. The van der Waals surface area contributed by atoms with Crippen LogP contribution < -0.4 is 5.32 Å². The van der Waals surface area contributed by atoms with Gasteiger partial charge in [0.15, 0.2) is 5.02 Å². The van der Waals surface area contributed by atoms with Gasteiger partial charge in [0.2, 0.25) is 5.13 Å². The maximum Gasteiger partial charge on any atom is 0.408 e. The number of nitrogens with one attached hydrogen (secondary N) is 1. The van der Waals surface area contributed by atoms with Gasteiger partial charge in [-0.15, -0.1) is 10.2 Å². The molecule has 0 bridgehead atoms. The number of halogens is 1. The summed E-state index contributed by atoms with van der Waals surface area (Å²) in [7, 11) is 0. The molecule has 0 aliphatic heterocycles. The quantitative estimate of drug-likeness (QED) is 0.648. The van der Waals surface area contributed by atoms with Crippen molar-refractivity contribution in [3.8, 4) is 0 Å². The molecule has 8 nitrogen and oxygen atoms in total. The highest BCUT2D eigenvalue weighted by Gasteiger charge is 2.19. The van der Waals surface area contributed by atoms with Crippen LogP contribution in [0.1, 0.15) is 18.4 Å². The molecule has 10 heteroatoms. The number of nitrogens with zero attached hydrogens (tertiary/aromatic N) is 5. The van der Waals surface area contributed by atoms with Gasteiger partial charge in [0.1, 0.15) is 11.6 Å². The number of aromatic nitrogens is 4. The lowest BCUT2D eigenvalue weighted by atomic mass is 10.5. The minimum atomic E-state index is -0.618. The normalized spacial score (nSPS) is 10.6. The molecule has 0 aliphatic rings. The third-order valence-electron chi connectivity index (χ3n) is 2.16. The smallest absolute Gasteiger partial charge is 0.360 e. The van der Waals surface area contributed by atoms with E-state index >= 15 is 0 Å². The van der Waals surface area contributed by atoms with Gasteiger partial charge < -0.3 is 15.4 Å². The molecule has 1 N–H and O–H groups in total. The zero-order chi connectivity index (χ0) is 13.8. The maximum atomic E-state index is 10.6. The van der Waals surface area contributed by atoms with Crippen molar-refractivity contribution in [2.45, 2.75) is 19.9 Å². The van der Waals surface area contributed by atoms with Gasteiger partial charge in [-0.25, -0.2) is 0 Å². The van der Waals surface area contributed by atoms with Crippen LogP contribution in [0.5, 0.6) is 0 Å². The van der Waals surface area contributed by atoms with Crippen molar-refractivity contribution in [1.82, 2.24) is 20.0 Å². The van der Waals surface area contributed by atoms with Crippen molar-refractivity contribution in [1.29, 1.82) is 0 Å². The number of rotatable bonds is 6. The number of nitro groups is 1. The summed E-state index contributed by atoms with van der Waals surface area (Å²) in [6.45, 7) is 3.19. The van der Waals surface area contributed by atoms with Crippen molar-refractivity contribution in [3.05, 3.63) is 26.3 Å². The SMILES string of the molecule is CCCNc1nnc(Cn2cc(Cl)c([N+](=O)[O-])n2)s1. The lowest BCUT2D eigenvalue weighted by molar-refractivity contribution is -0.389. The van der Waals surface area contributed by atoms with Crippen LogP contribution in [-0.4, -0.2) is 31.4 Å². The molecule has 2 heterocycles. The zero-order valence-corrected chi connectivity index (χ0v) is 11.6. The van der Waals surface area contributed by atoms with Gasteiger partial charge in [-0.3, -0.25) is 0 Å². The van der Waals surface area contributed by atoms with E-state index in [0.29, 0.717) is 11.6 Å². The van der Waals surface area contributed by atoms with E-state index in [1.165, 1.54) is 22.2 Å². The highest BCUT2D eigenvalue weighted by atomic mass is 35.5. The van der Waals surface area contributed by atoms with E-state index in [9.17, 15) is 10.1 Å². The molecule has 0 aliphatic carbocycles. The van der Waals surface area contributed by atoms with Crippen LogP contribution in [0.2, 0.25) is 5.02 Å². The minimum absolute atomic E-state index is 0.0128. The van der Waals surface area contributed by atoms with Gasteiger partial charge in [-0.1, -0.05) is 29.9 Å². The zero-order valence-electron chi connectivity index (χ0n) is 10.0. The summed E-state index contributed by atoms with van der Waals surface area (Å²) in [6.07, 6.45) is 2.40. The molecule has 0 unspecified atom stereocenters. The van der Waals surface area contributed by atoms with E-state index in [0.717, 1.165) is 18.1 Å². The Bertz CT molecular complexity index is 583. The average molecular weight is 303 g/mol. The average Bonchev–Trinajstić information content (AvgIpc) is 2.94. The van der Waals surface area contributed by atoms with Crippen molar-refractivity contribution in [2.24, 2.45) is 0 Å². The first-order valence-corrected chi connectivity index (χ1v) is 6.73. The minimum Gasteiger partial charge on any atom is -0.360 e. The summed E-state index contributed by atoms with van der Waals surface area (Å²) >= 11 is 7.09. The van der Waals surface area contributed by atoms with Crippen molar-refractivity contribution >= 4 is 33.9 Å². The van der Waals surface area contributed by atoms with Crippen LogP contribution in [0.15, 0.2) is 6.20 Å². The monoisotopic (exact) mass is 302 g/mol. The molecular formula is C9H11ClN6O2S. The Balaban J connectivity index is 2.06. The standard InChI is InChI=1S/C9H11ClN6O2S/c1-2-3-11-9-13-12-7(19-9)5-15-4-6(10)8(14-15)16(17)18/h4H,2-3,5H2,1H3,(H,11,13). The van der Waals surface area contributed by atoms with Crippen LogP contribution in [0.3, 0.4) is 0 Å². The van der Waals surface area contributed by atoms with Gasteiger partial charge in [0, 0.05) is 6.54 Å². The van der Waals surface area contributed by atoms with Gasteiger partial charge in [0.25, 0.3) is 0 Å². The Morgan fingerprint density at radius 1 is 1.58 bits per heavy atom. The van der Waals surface area contributed by atoms with Crippen LogP contribution in [0, 0.1) is 10.1 Å². The molecule has 0 fully saturated rings. The highest BCUT2D eigenvalue weighted by Crippen LogP contribution is 2.23. The first kappa shape index (κ1) is 13.7. The molecular weight excluding hydrogens is 292 g/mol. The number of hydrogen-bond donors (Lipinski definition) is 1. The summed E-state index contributed by atoms with van der Waals surface area (Å²) < 4.78 is 1.38. The van der Waals surface area contributed by atoms with E-state index in [-0.39, 0.29) is 10.8 Å². The Labute approximate surface area is 117 Å². The lowest BCUT2D eigenvalue weighted by Crippen LogP contribution is -2.00. The van der Waals surface area contributed by atoms with Crippen LogP contribution in [0.4, 0.5) is 10.9 Å². The maximum absolute atomic E-state index is 10.6. The first-order valence-electron chi connectivity index (χ1n) is 5.53. The van der Waals surface area contributed by atoms with Crippen molar-refractivity contribution in [2.75, 3.05) is 11.9 Å². The van der Waals surface area contributed by atoms with Gasteiger partial charge in [-0.2, -0.15) is 4.68 Å². The largest absolute Gasteiger partial charge is 0.408 e. The number of anilines is 1. The van der Waals surface area contributed by atoms with E-state index in [1.807, 2.05) is 0 Å². The summed E-state index contributed by atoms with van der Waals surface area (Å²) in [5, 5.41) is 26.9. The topological polar surface area (TPSA) is 98.8 Å². The second kappa shape index (κ2) is 5.93. The fraction of sp³-hybridized carbons (Fsp3) is 0.444. The van der Waals surface area contributed by atoms with Crippen LogP contribution >= 0.6 is 22.9 Å². The van der Waals surface area contributed by atoms with E-state index in [1.54, 1.807) is 0 Å². The molecule has 19 heavy (non-hydrogen) atoms. The second-order valence-electron chi connectivity index (χ2n) is 3.68. The third-order valence-corrected chi connectivity index (χ3v) is 3.29. The van der Waals surface area contributed by atoms with Crippen molar-refractivity contribution in [3.63, 3.8) is 0 Å². The fourth-order valence-corrected chi connectivity index (χ4v) is 2.33. The molecule has 0 radical (unpaired) electrons. The highest BCUT2D eigenvalue weighted by molar-refractivity contribution is 7.15. The van der Waals surface area contributed by atoms with Crippen molar-refractivity contribution < 1.29 is 4.92 Å². The predicted octanol–water partition coefficient (Wildman–Crippen LogP) is 2.17. The second-order valence-corrected chi connectivity index (χ2v) is 5.15. The lowest BCUT2D eigenvalue weighted by Gasteiger charge is -1.95. The fourth-order valence-electron chi connectivity index (χ4n) is 1.35. The third kappa shape index (κ3) is 3.38. The molecule has 0 saturated heterocycles. The van der Waals surface area contributed by atoms with E-state index in [2.05, 4.69) is 27.5 Å². The van der Waals surface area contributed by atoms with Crippen LogP contribution in [-0.2, 0) is 6.54 Å². The molecule has 102 valence electrons. The Hall–Kier alpha value is -1.74. The molecule has 2 aromatic rings. The summed E-state index contributed by atoms with van der Waals surface area (Å²) in [6, 6.07) is 0. The summed E-state index contributed by atoms with van der Waals surface area (Å²) in [5.41, 5.74) is 0. The van der Waals surface area contributed by atoms with Crippen LogP contribution in [0.25, 0.3) is 0 Å². The molecule has 0 atom stereocenters. The first-order chi connectivity index (χ1) is 9.10. The molecule has 0 aromatic carbocycles. The number of hydrogen-bond acceptors (Lipinski definition) is 7. The summed E-state index contributed by atoms with van der Waals surface area (Å²) in [5.74, 6) is -0.351. The molecule has 0 amide bonds.